The van der Waals surface area contributed by atoms with E-state index in [9.17, 15) is 24.3 Å². The van der Waals surface area contributed by atoms with Crippen LogP contribution in [-0.2, 0) is 42.9 Å². The van der Waals surface area contributed by atoms with Crippen LogP contribution < -0.4 is 0 Å². The van der Waals surface area contributed by atoms with Gasteiger partial charge in [-0.2, -0.15) is 0 Å². The molecular formula is C26H36O10. The Morgan fingerprint density at radius 3 is 2.42 bits per heavy atom. The first kappa shape index (κ1) is 26.6. The molecule has 8 atom stereocenters. The number of epoxide rings is 1. The molecule has 0 bridgehead atoms. The van der Waals surface area contributed by atoms with Gasteiger partial charge in [0.2, 0.25) is 0 Å². The lowest BCUT2D eigenvalue weighted by Crippen LogP contribution is -2.70. The number of aliphatic hydroxyl groups excluding tert-OH is 1. The molecule has 1 N–H and O–H groups in total. The molecular weight excluding hydrogens is 472 g/mol. The predicted octanol–water partition coefficient (Wildman–Crippen LogP) is 1.86. The number of hydrogen-bond acceptors (Lipinski definition) is 10. The second-order valence-corrected chi connectivity index (χ2v) is 11.1. The number of carbonyl (C=O) groups excluding carboxylic acids is 4. The number of carbonyl (C=O) groups is 4. The topological polar surface area (TPSA) is 138 Å². The van der Waals surface area contributed by atoms with E-state index in [-0.39, 0.29) is 19.1 Å². The monoisotopic (exact) mass is 508 g/mol. The third-order valence-corrected chi connectivity index (χ3v) is 8.96. The number of rotatable bonds is 7. The first-order chi connectivity index (χ1) is 16.8. The molecule has 0 amide bonds. The molecule has 2 heterocycles. The van der Waals surface area contributed by atoms with Gasteiger partial charge in [0, 0.05) is 38.3 Å². The lowest BCUT2D eigenvalue weighted by molar-refractivity contribution is -0.255. The lowest BCUT2D eigenvalue weighted by Gasteiger charge is -2.64. The van der Waals surface area contributed by atoms with Crippen molar-refractivity contribution in [3.8, 4) is 0 Å². The minimum Gasteiger partial charge on any atom is -0.465 e. The molecule has 0 aromatic heterocycles. The normalized spacial score (nSPS) is 39.9. The molecule has 2 aliphatic carbocycles. The van der Waals surface area contributed by atoms with Crippen LogP contribution in [0.3, 0.4) is 0 Å². The van der Waals surface area contributed by atoms with E-state index in [0.29, 0.717) is 37.9 Å². The molecule has 10 heteroatoms. The van der Waals surface area contributed by atoms with Gasteiger partial charge in [0.15, 0.2) is 0 Å². The Hall–Kier alpha value is -2.46. The molecule has 0 aromatic rings. The Bertz CT molecular complexity index is 968. The van der Waals surface area contributed by atoms with Crippen LogP contribution in [0.4, 0.5) is 0 Å². The Morgan fingerprint density at radius 2 is 1.89 bits per heavy atom. The van der Waals surface area contributed by atoms with E-state index in [0.717, 1.165) is 0 Å². The maximum Gasteiger partial charge on any atom is 0.331 e. The van der Waals surface area contributed by atoms with Crippen molar-refractivity contribution in [3.05, 3.63) is 11.6 Å². The van der Waals surface area contributed by atoms with E-state index < -0.39 is 64.5 Å². The number of esters is 4. The third kappa shape index (κ3) is 4.42. The van der Waals surface area contributed by atoms with Crippen LogP contribution in [0.5, 0.6) is 0 Å². The summed E-state index contributed by atoms with van der Waals surface area (Å²) in [6.45, 7) is 8.35. The SMILES string of the molecule is CC(=O)OCC12C(OC(C)=O)CC(C)C(C)(CC(OC(C)=O)C3=CC(=O)OC3)C1C(O)CCC21CO1. The molecule has 0 radical (unpaired) electrons. The van der Waals surface area contributed by atoms with E-state index in [2.05, 4.69) is 0 Å². The molecule has 4 aliphatic rings. The molecule has 8 unspecified atom stereocenters. The second-order valence-electron chi connectivity index (χ2n) is 11.1. The zero-order valence-corrected chi connectivity index (χ0v) is 21.5. The van der Waals surface area contributed by atoms with Crippen LogP contribution >= 0.6 is 0 Å². The Balaban J connectivity index is 1.82. The fourth-order valence-electron chi connectivity index (χ4n) is 7.18. The maximum atomic E-state index is 12.2. The summed E-state index contributed by atoms with van der Waals surface area (Å²) in [5.41, 5.74) is -1.84. The van der Waals surface area contributed by atoms with Gasteiger partial charge in [-0.15, -0.1) is 0 Å². The van der Waals surface area contributed by atoms with Crippen LogP contribution in [0.2, 0.25) is 0 Å². The Kier molecular flexibility index (Phi) is 6.98. The fraction of sp³-hybridized carbons (Fsp3) is 0.769. The quantitative estimate of drug-likeness (QED) is 0.308. The van der Waals surface area contributed by atoms with Gasteiger partial charge in [-0.1, -0.05) is 13.8 Å². The van der Waals surface area contributed by atoms with Gasteiger partial charge in [0.1, 0.15) is 31.0 Å². The van der Waals surface area contributed by atoms with Gasteiger partial charge in [-0.3, -0.25) is 14.4 Å². The molecule has 4 rings (SSSR count). The van der Waals surface area contributed by atoms with Crippen molar-refractivity contribution in [2.45, 2.75) is 84.2 Å². The van der Waals surface area contributed by atoms with Crippen molar-refractivity contribution in [1.29, 1.82) is 0 Å². The van der Waals surface area contributed by atoms with E-state index >= 15 is 0 Å². The average molecular weight is 509 g/mol. The van der Waals surface area contributed by atoms with Gasteiger partial charge in [-0.25, -0.2) is 4.79 Å². The second kappa shape index (κ2) is 9.45. The van der Waals surface area contributed by atoms with Crippen molar-refractivity contribution in [2.24, 2.45) is 22.7 Å². The van der Waals surface area contributed by atoms with Gasteiger partial charge in [-0.05, 0) is 37.0 Å². The number of cyclic esters (lactones) is 1. The average Bonchev–Trinajstić information content (AvgIpc) is 3.43. The molecule has 1 spiro atoms. The van der Waals surface area contributed by atoms with Crippen molar-refractivity contribution < 1.29 is 48.0 Å². The largest absolute Gasteiger partial charge is 0.465 e. The highest BCUT2D eigenvalue weighted by molar-refractivity contribution is 5.85. The number of hydrogen-bond donors (Lipinski definition) is 1. The maximum absolute atomic E-state index is 12.2. The molecule has 10 nitrogen and oxygen atoms in total. The van der Waals surface area contributed by atoms with Crippen molar-refractivity contribution in [2.75, 3.05) is 19.8 Å². The van der Waals surface area contributed by atoms with Crippen molar-refractivity contribution in [1.82, 2.24) is 0 Å². The van der Waals surface area contributed by atoms with E-state index in [1.165, 1.54) is 26.8 Å². The summed E-state index contributed by atoms with van der Waals surface area (Å²) in [4.78, 5) is 48.0. The van der Waals surface area contributed by atoms with Gasteiger partial charge >= 0.3 is 23.9 Å². The fourth-order valence-corrected chi connectivity index (χ4v) is 7.18. The number of aliphatic hydroxyl groups is 1. The molecule has 3 fully saturated rings. The standard InChI is InChI=1S/C26H36O10/c1-14-8-21(36-17(4)29)26(13-33-15(2)27)23(19(30)6-7-25(26)12-34-25)24(14,5)10-20(35-16(3)28)18-9-22(31)32-11-18/h9,14,19-21,23,30H,6-8,10-13H2,1-5H3. The highest BCUT2D eigenvalue weighted by Crippen LogP contribution is 2.69. The highest BCUT2D eigenvalue weighted by atomic mass is 16.6. The van der Waals surface area contributed by atoms with Crippen LogP contribution in [0.1, 0.15) is 60.3 Å². The minimum absolute atomic E-state index is 0.0240. The Morgan fingerprint density at radius 1 is 1.19 bits per heavy atom. The molecule has 0 aromatic carbocycles. The van der Waals surface area contributed by atoms with Crippen molar-refractivity contribution in [3.63, 3.8) is 0 Å². The molecule has 36 heavy (non-hydrogen) atoms. The number of fused-ring (bicyclic) bond motifs is 2. The van der Waals surface area contributed by atoms with Crippen LogP contribution in [0.15, 0.2) is 11.6 Å². The van der Waals surface area contributed by atoms with Crippen LogP contribution in [0, 0.1) is 22.7 Å². The summed E-state index contributed by atoms with van der Waals surface area (Å²) >= 11 is 0. The molecule has 2 aliphatic heterocycles. The van der Waals surface area contributed by atoms with Gasteiger partial charge < -0.3 is 28.8 Å². The summed E-state index contributed by atoms with van der Waals surface area (Å²) in [7, 11) is 0. The van der Waals surface area contributed by atoms with E-state index in [4.69, 9.17) is 23.7 Å². The first-order valence-electron chi connectivity index (χ1n) is 12.5. The zero-order valence-electron chi connectivity index (χ0n) is 21.5. The summed E-state index contributed by atoms with van der Waals surface area (Å²) in [5, 5.41) is 11.6. The molecule has 2 saturated carbocycles. The minimum atomic E-state index is -1.000. The summed E-state index contributed by atoms with van der Waals surface area (Å²) in [5.74, 6) is -2.56. The van der Waals surface area contributed by atoms with Crippen LogP contribution in [-0.4, -0.2) is 72.7 Å². The first-order valence-corrected chi connectivity index (χ1v) is 12.5. The predicted molar refractivity (Wildman–Crippen MR) is 123 cm³/mol. The lowest BCUT2D eigenvalue weighted by atomic mass is 9.42. The zero-order chi connectivity index (χ0) is 26.5. The summed E-state index contributed by atoms with van der Waals surface area (Å²) in [6, 6.07) is 0. The van der Waals surface area contributed by atoms with Crippen molar-refractivity contribution >= 4 is 23.9 Å². The van der Waals surface area contributed by atoms with E-state index in [1.54, 1.807) is 0 Å². The van der Waals surface area contributed by atoms with Gasteiger partial charge in [0.05, 0.1) is 18.1 Å². The molecule has 200 valence electrons. The number of ether oxygens (including phenoxy) is 5. The summed E-state index contributed by atoms with van der Waals surface area (Å²) in [6.07, 6.45) is 0.871. The molecule has 1 saturated heterocycles. The summed E-state index contributed by atoms with van der Waals surface area (Å²) < 4.78 is 28.3. The third-order valence-electron chi connectivity index (χ3n) is 8.96. The highest BCUT2D eigenvalue weighted by Gasteiger charge is 2.77. The smallest absolute Gasteiger partial charge is 0.331 e. The van der Waals surface area contributed by atoms with Gasteiger partial charge in [0.25, 0.3) is 0 Å². The Labute approximate surface area is 210 Å². The van der Waals surface area contributed by atoms with E-state index in [1.807, 2.05) is 13.8 Å². The van der Waals surface area contributed by atoms with Crippen LogP contribution in [0.25, 0.3) is 0 Å².